The Labute approximate surface area is 169 Å². The van der Waals surface area contributed by atoms with Crippen LogP contribution in [-0.2, 0) is 11.3 Å². The lowest BCUT2D eigenvalue weighted by Crippen LogP contribution is -2.42. The molecule has 2 fully saturated rings. The van der Waals surface area contributed by atoms with Crippen LogP contribution in [0.5, 0.6) is 11.5 Å². The van der Waals surface area contributed by atoms with Crippen LogP contribution in [0.4, 0.5) is 0 Å². The van der Waals surface area contributed by atoms with Crippen LogP contribution >= 0.6 is 0 Å². The molecule has 0 aromatic heterocycles. The Morgan fingerprint density at radius 2 is 1.89 bits per heavy atom. The van der Waals surface area contributed by atoms with Gasteiger partial charge in [0.2, 0.25) is 0 Å². The normalized spacial score (nSPS) is 20.5. The average Bonchev–Trinajstić information content (AvgIpc) is 3.00. The maximum Gasteiger partial charge on any atom is 0.161 e. The highest BCUT2D eigenvalue weighted by Gasteiger charge is 2.16. The zero-order chi connectivity index (χ0) is 19.6. The molecule has 1 saturated heterocycles. The molecule has 1 aliphatic carbocycles. The van der Waals surface area contributed by atoms with Gasteiger partial charge in [-0.3, -0.25) is 4.90 Å². The lowest BCUT2D eigenvalue weighted by atomic mass is 10.1. The van der Waals surface area contributed by atoms with Crippen molar-refractivity contribution >= 4 is 0 Å². The summed E-state index contributed by atoms with van der Waals surface area (Å²) in [5.41, 5.74) is 1.20. The van der Waals surface area contributed by atoms with E-state index in [4.69, 9.17) is 14.2 Å². The maximum absolute atomic E-state index is 10.3. The van der Waals surface area contributed by atoms with E-state index in [0.29, 0.717) is 18.3 Å². The number of nitrogens with one attached hydrogen (secondary N) is 1. The van der Waals surface area contributed by atoms with Gasteiger partial charge in [-0.15, -0.1) is 0 Å². The highest BCUT2D eigenvalue weighted by molar-refractivity contribution is 5.43. The van der Waals surface area contributed by atoms with Crippen molar-refractivity contribution in [2.75, 3.05) is 46.6 Å². The van der Waals surface area contributed by atoms with Crippen LogP contribution in [0.15, 0.2) is 18.2 Å². The fraction of sp³-hybridized carbons (Fsp3) is 0.727. The van der Waals surface area contributed by atoms with Crippen molar-refractivity contribution < 1.29 is 19.3 Å². The zero-order valence-corrected chi connectivity index (χ0v) is 17.2. The van der Waals surface area contributed by atoms with Gasteiger partial charge in [0.15, 0.2) is 11.5 Å². The Morgan fingerprint density at radius 1 is 1.14 bits per heavy atom. The topological polar surface area (TPSA) is 63.2 Å². The molecule has 2 N–H and O–H groups in total. The molecule has 1 atom stereocenters. The highest BCUT2D eigenvalue weighted by Crippen LogP contribution is 2.28. The Kier molecular flexibility index (Phi) is 8.86. The molecule has 0 amide bonds. The third kappa shape index (κ3) is 6.92. The summed E-state index contributed by atoms with van der Waals surface area (Å²) >= 11 is 0. The van der Waals surface area contributed by atoms with Crippen LogP contribution in [0, 0.1) is 0 Å². The molecule has 28 heavy (non-hydrogen) atoms. The van der Waals surface area contributed by atoms with Gasteiger partial charge in [0.05, 0.1) is 20.3 Å². The van der Waals surface area contributed by atoms with Crippen LogP contribution in [0.25, 0.3) is 0 Å². The molecule has 2 aliphatic rings. The van der Waals surface area contributed by atoms with Crippen molar-refractivity contribution in [1.29, 1.82) is 0 Å². The molecule has 3 rings (SSSR count). The first-order chi connectivity index (χ1) is 13.7. The first-order valence-electron chi connectivity index (χ1n) is 10.8. The minimum Gasteiger partial charge on any atom is -0.493 e. The lowest BCUT2D eigenvalue weighted by Gasteiger charge is -2.28. The average molecular weight is 393 g/mol. The first kappa shape index (κ1) is 21.4. The largest absolute Gasteiger partial charge is 0.493 e. The number of ether oxygens (including phenoxy) is 3. The summed E-state index contributed by atoms with van der Waals surface area (Å²) in [5, 5.41) is 14.0. The van der Waals surface area contributed by atoms with Crippen molar-refractivity contribution in [3.05, 3.63) is 23.8 Å². The summed E-state index contributed by atoms with van der Waals surface area (Å²) in [4.78, 5) is 2.21. The van der Waals surface area contributed by atoms with E-state index in [9.17, 15) is 5.11 Å². The van der Waals surface area contributed by atoms with Gasteiger partial charge in [-0.05, 0) is 30.5 Å². The van der Waals surface area contributed by atoms with Crippen LogP contribution in [0.2, 0.25) is 0 Å². The van der Waals surface area contributed by atoms with E-state index in [0.717, 1.165) is 38.6 Å². The highest BCUT2D eigenvalue weighted by atomic mass is 16.5. The quantitative estimate of drug-likeness (QED) is 0.630. The second-order valence-electron chi connectivity index (χ2n) is 7.93. The lowest BCUT2D eigenvalue weighted by molar-refractivity contribution is 0.00445. The molecule has 1 unspecified atom stereocenters. The third-order valence-corrected chi connectivity index (χ3v) is 5.68. The maximum atomic E-state index is 10.3. The van der Waals surface area contributed by atoms with Gasteiger partial charge in [-0.25, -0.2) is 0 Å². The van der Waals surface area contributed by atoms with E-state index in [1.165, 1.54) is 44.1 Å². The van der Waals surface area contributed by atoms with Crippen LogP contribution in [-0.4, -0.2) is 68.7 Å². The fourth-order valence-electron chi connectivity index (χ4n) is 4.01. The SMILES string of the molecule is COc1cc(CNC2CCCCCC2)ccc1OCC(O)CN1CCOCC1. The van der Waals surface area contributed by atoms with E-state index in [1.807, 2.05) is 12.1 Å². The molecule has 1 aromatic rings. The number of morpholine rings is 1. The summed E-state index contributed by atoms with van der Waals surface area (Å²) in [7, 11) is 1.66. The molecule has 1 heterocycles. The predicted molar refractivity (Wildman–Crippen MR) is 110 cm³/mol. The van der Waals surface area contributed by atoms with E-state index >= 15 is 0 Å². The Hall–Kier alpha value is -1.34. The summed E-state index contributed by atoms with van der Waals surface area (Å²) in [5.74, 6) is 1.40. The van der Waals surface area contributed by atoms with Gasteiger partial charge in [-0.1, -0.05) is 31.7 Å². The number of aliphatic hydroxyl groups excluding tert-OH is 1. The minimum atomic E-state index is -0.528. The number of nitrogens with zero attached hydrogens (tertiary/aromatic N) is 1. The molecule has 1 aromatic carbocycles. The number of aliphatic hydroxyl groups is 1. The van der Waals surface area contributed by atoms with Gasteiger partial charge >= 0.3 is 0 Å². The number of β-amino-alcohol motifs (C(OH)–C–C–N with tert-alkyl or cyclic N) is 1. The van der Waals surface area contributed by atoms with Gasteiger partial charge in [-0.2, -0.15) is 0 Å². The number of benzene rings is 1. The summed E-state index contributed by atoms with van der Waals surface area (Å²) < 4.78 is 16.7. The second-order valence-corrected chi connectivity index (χ2v) is 7.93. The molecule has 0 spiro atoms. The van der Waals surface area contributed by atoms with Gasteiger partial charge in [0.1, 0.15) is 12.7 Å². The number of hydrogen-bond donors (Lipinski definition) is 2. The molecule has 1 aliphatic heterocycles. The third-order valence-electron chi connectivity index (χ3n) is 5.68. The minimum absolute atomic E-state index is 0.257. The molecule has 1 saturated carbocycles. The standard InChI is InChI=1S/C22H36N2O4/c1-26-22-14-18(15-23-19-6-4-2-3-5-7-19)8-9-21(22)28-17-20(25)16-24-10-12-27-13-11-24/h8-9,14,19-20,23,25H,2-7,10-13,15-17H2,1H3. The Bertz CT molecular complexity index is 570. The summed E-state index contributed by atoms with van der Waals surface area (Å²) in [6.45, 7) is 4.91. The van der Waals surface area contributed by atoms with E-state index in [2.05, 4.69) is 16.3 Å². The van der Waals surface area contributed by atoms with Crippen LogP contribution in [0.3, 0.4) is 0 Å². The molecule has 0 bridgehead atoms. The van der Waals surface area contributed by atoms with Gasteiger partial charge in [0, 0.05) is 32.2 Å². The molecule has 6 heteroatoms. The van der Waals surface area contributed by atoms with Crippen LogP contribution in [0.1, 0.15) is 44.1 Å². The van der Waals surface area contributed by atoms with Gasteiger partial charge in [0.25, 0.3) is 0 Å². The molecule has 6 nitrogen and oxygen atoms in total. The Balaban J connectivity index is 1.46. The molecular formula is C22H36N2O4. The summed E-state index contributed by atoms with van der Waals surface area (Å²) in [6.07, 6.45) is 7.43. The molecular weight excluding hydrogens is 356 g/mol. The monoisotopic (exact) mass is 392 g/mol. The number of rotatable bonds is 9. The van der Waals surface area contributed by atoms with Gasteiger partial charge < -0.3 is 24.6 Å². The van der Waals surface area contributed by atoms with E-state index in [1.54, 1.807) is 7.11 Å². The van der Waals surface area contributed by atoms with Crippen molar-refractivity contribution in [2.24, 2.45) is 0 Å². The predicted octanol–water partition coefficient (Wildman–Crippen LogP) is 2.58. The fourth-order valence-corrected chi connectivity index (χ4v) is 4.01. The van der Waals surface area contributed by atoms with Crippen molar-refractivity contribution in [3.8, 4) is 11.5 Å². The molecule has 158 valence electrons. The van der Waals surface area contributed by atoms with Crippen molar-refractivity contribution in [2.45, 2.75) is 57.2 Å². The van der Waals surface area contributed by atoms with E-state index < -0.39 is 6.10 Å². The van der Waals surface area contributed by atoms with Crippen LogP contribution < -0.4 is 14.8 Å². The van der Waals surface area contributed by atoms with Crippen molar-refractivity contribution in [1.82, 2.24) is 10.2 Å². The smallest absolute Gasteiger partial charge is 0.161 e. The number of hydrogen-bond acceptors (Lipinski definition) is 6. The van der Waals surface area contributed by atoms with Crippen molar-refractivity contribution in [3.63, 3.8) is 0 Å². The Morgan fingerprint density at radius 3 is 2.61 bits per heavy atom. The van der Waals surface area contributed by atoms with E-state index in [-0.39, 0.29) is 6.61 Å². The summed E-state index contributed by atoms with van der Waals surface area (Å²) in [6, 6.07) is 6.69. The zero-order valence-electron chi connectivity index (χ0n) is 17.2. The second kappa shape index (κ2) is 11.6. The molecule has 0 radical (unpaired) electrons. The first-order valence-corrected chi connectivity index (χ1v) is 10.8. The number of methoxy groups -OCH3 is 1.